The van der Waals surface area contributed by atoms with Gasteiger partial charge in [0.2, 0.25) is 5.91 Å². The van der Waals surface area contributed by atoms with Gasteiger partial charge in [0.25, 0.3) is 0 Å². The maximum Gasteiger partial charge on any atom is 0.239 e. The first-order valence-corrected chi connectivity index (χ1v) is 9.89. The number of rotatable bonds is 7. The molecule has 9 nitrogen and oxygen atoms in total. The number of hydrogen-bond donors (Lipinski definition) is 3. The highest BCUT2D eigenvalue weighted by atomic mass is 16.5. The number of primary amides is 1. The molecule has 0 aliphatic rings. The number of amides is 1. The number of imidazole rings is 1. The number of fused-ring (bicyclic) bond motifs is 1. The van der Waals surface area contributed by atoms with Crippen molar-refractivity contribution in [3.8, 4) is 17.0 Å². The van der Waals surface area contributed by atoms with Gasteiger partial charge in [-0.3, -0.25) is 14.2 Å². The Bertz CT molecular complexity index is 1310. The third-order valence-electron chi connectivity index (χ3n) is 4.98. The van der Waals surface area contributed by atoms with Crippen LogP contribution in [0.15, 0.2) is 66.0 Å². The first-order chi connectivity index (χ1) is 15.5. The smallest absolute Gasteiger partial charge is 0.239 e. The quantitative estimate of drug-likeness (QED) is 0.306. The lowest BCUT2D eigenvalue weighted by Crippen LogP contribution is -2.20. The first kappa shape index (κ1) is 20.9. The van der Waals surface area contributed by atoms with Gasteiger partial charge in [-0.25, -0.2) is 9.97 Å². The minimum atomic E-state index is -0.531. The van der Waals surface area contributed by atoms with Gasteiger partial charge in [0.1, 0.15) is 18.1 Å². The van der Waals surface area contributed by atoms with Crippen LogP contribution in [0.4, 0.5) is 11.5 Å². The van der Waals surface area contributed by atoms with E-state index in [4.69, 9.17) is 16.2 Å². The second kappa shape index (κ2) is 8.76. The number of aromatic nitrogens is 3. The molecule has 0 saturated heterocycles. The SMILES string of the molecule is COc1ccc(-c2cnc3c(Nc4ccc(C(N)=NCC(N)=O)c(C)c4)nccn23)cc1. The van der Waals surface area contributed by atoms with Crippen LogP contribution in [0.25, 0.3) is 16.9 Å². The van der Waals surface area contributed by atoms with Gasteiger partial charge in [0.05, 0.1) is 19.0 Å². The number of nitrogens with two attached hydrogens (primary N) is 2. The van der Waals surface area contributed by atoms with E-state index in [0.717, 1.165) is 33.8 Å². The zero-order valence-corrected chi connectivity index (χ0v) is 17.7. The van der Waals surface area contributed by atoms with E-state index in [1.165, 1.54) is 0 Å². The van der Waals surface area contributed by atoms with E-state index >= 15 is 0 Å². The molecule has 5 N–H and O–H groups in total. The van der Waals surface area contributed by atoms with Crippen LogP contribution in [0.2, 0.25) is 0 Å². The number of nitrogens with zero attached hydrogens (tertiary/aromatic N) is 4. The summed E-state index contributed by atoms with van der Waals surface area (Å²) in [4.78, 5) is 24.0. The highest BCUT2D eigenvalue weighted by molar-refractivity contribution is 6.00. The van der Waals surface area contributed by atoms with E-state index in [0.29, 0.717) is 11.5 Å². The number of ether oxygens (including phenoxy) is 1. The van der Waals surface area contributed by atoms with Crippen LogP contribution in [0, 0.1) is 6.92 Å². The Morgan fingerprint density at radius 3 is 2.62 bits per heavy atom. The van der Waals surface area contributed by atoms with Crippen molar-refractivity contribution < 1.29 is 9.53 Å². The van der Waals surface area contributed by atoms with Crippen LogP contribution >= 0.6 is 0 Å². The molecule has 9 heteroatoms. The number of benzene rings is 2. The molecular weight excluding hydrogens is 406 g/mol. The summed E-state index contributed by atoms with van der Waals surface area (Å²) in [6.07, 6.45) is 5.41. The van der Waals surface area contributed by atoms with Crippen molar-refractivity contribution in [3.05, 3.63) is 72.2 Å². The Kier molecular flexibility index (Phi) is 5.71. The highest BCUT2D eigenvalue weighted by Gasteiger charge is 2.12. The number of carbonyl (C=O) groups is 1. The zero-order valence-electron chi connectivity index (χ0n) is 17.7. The molecule has 32 heavy (non-hydrogen) atoms. The van der Waals surface area contributed by atoms with Crippen molar-refractivity contribution in [2.45, 2.75) is 6.92 Å². The van der Waals surface area contributed by atoms with Crippen LogP contribution in [0.5, 0.6) is 5.75 Å². The first-order valence-electron chi connectivity index (χ1n) is 9.89. The Hall–Kier alpha value is -4.40. The summed E-state index contributed by atoms with van der Waals surface area (Å²) in [5.41, 5.74) is 16.2. The third kappa shape index (κ3) is 4.22. The molecule has 162 valence electrons. The summed E-state index contributed by atoms with van der Waals surface area (Å²) in [5.74, 6) is 1.16. The maximum atomic E-state index is 10.9. The lowest BCUT2D eigenvalue weighted by Gasteiger charge is -2.11. The second-order valence-electron chi connectivity index (χ2n) is 7.16. The molecule has 0 unspecified atom stereocenters. The minimum Gasteiger partial charge on any atom is -0.497 e. The topological polar surface area (TPSA) is 133 Å². The van der Waals surface area contributed by atoms with Gasteiger partial charge in [0.15, 0.2) is 11.5 Å². The molecule has 0 saturated carbocycles. The van der Waals surface area contributed by atoms with E-state index in [2.05, 4.69) is 20.3 Å². The molecule has 2 aromatic carbocycles. The average Bonchev–Trinajstić information content (AvgIpc) is 3.23. The molecule has 0 bridgehead atoms. The molecule has 4 rings (SSSR count). The zero-order chi connectivity index (χ0) is 22.7. The van der Waals surface area contributed by atoms with Crippen LogP contribution in [-0.4, -0.2) is 39.8 Å². The number of hydrogen-bond acceptors (Lipinski definition) is 6. The lowest BCUT2D eigenvalue weighted by atomic mass is 10.1. The number of nitrogens with one attached hydrogen (secondary N) is 1. The molecule has 0 aliphatic carbocycles. The van der Waals surface area contributed by atoms with Crippen LogP contribution < -0.4 is 21.5 Å². The van der Waals surface area contributed by atoms with Crippen LogP contribution in [0.1, 0.15) is 11.1 Å². The van der Waals surface area contributed by atoms with Gasteiger partial charge in [-0.2, -0.15) is 0 Å². The number of carbonyl (C=O) groups excluding carboxylic acids is 1. The molecular formula is C23H23N7O2. The summed E-state index contributed by atoms with van der Waals surface area (Å²) in [6.45, 7) is 1.77. The summed E-state index contributed by atoms with van der Waals surface area (Å²) in [5, 5.41) is 3.32. The minimum absolute atomic E-state index is 0.145. The third-order valence-corrected chi connectivity index (χ3v) is 4.98. The van der Waals surface area contributed by atoms with E-state index < -0.39 is 5.91 Å². The number of aliphatic imine (C=N–C) groups is 1. The molecule has 0 spiro atoms. The maximum absolute atomic E-state index is 10.9. The van der Waals surface area contributed by atoms with Gasteiger partial charge >= 0.3 is 0 Å². The Balaban J connectivity index is 1.62. The van der Waals surface area contributed by atoms with Crippen LogP contribution in [-0.2, 0) is 4.79 Å². The standard InChI is InChI=1S/C23H23N7O2/c1-14-11-16(5-8-18(14)21(25)27-13-20(24)31)29-22-23-28-12-19(30(23)10-9-26-22)15-3-6-17(32-2)7-4-15/h3-12H,13H2,1-2H3,(H2,24,31)(H2,25,27)(H,26,29). The largest absolute Gasteiger partial charge is 0.497 e. The van der Waals surface area contributed by atoms with Crippen molar-refractivity contribution in [2.24, 2.45) is 16.5 Å². The van der Waals surface area contributed by atoms with Crippen molar-refractivity contribution in [3.63, 3.8) is 0 Å². The molecule has 0 radical (unpaired) electrons. The Morgan fingerprint density at radius 2 is 1.94 bits per heavy atom. The Morgan fingerprint density at radius 1 is 1.16 bits per heavy atom. The van der Waals surface area contributed by atoms with Crippen molar-refractivity contribution in [2.75, 3.05) is 19.0 Å². The molecule has 4 aromatic rings. The molecule has 2 aromatic heterocycles. The summed E-state index contributed by atoms with van der Waals surface area (Å²) >= 11 is 0. The van der Waals surface area contributed by atoms with E-state index in [1.807, 2.05) is 66.2 Å². The number of aryl methyl sites for hydroxylation is 1. The van der Waals surface area contributed by atoms with Crippen LogP contribution in [0.3, 0.4) is 0 Å². The average molecular weight is 429 g/mol. The second-order valence-corrected chi connectivity index (χ2v) is 7.16. The molecule has 0 aliphatic heterocycles. The van der Waals surface area contributed by atoms with Gasteiger partial charge < -0.3 is 21.5 Å². The molecule has 0 fully saturated rings. The van der Waals surface area contributed by atoms with E-state index in [-0.39, 0.29) is 12.4 Å². The van der Waals surface area contributed by atoms with Crippen molar-refractivity contribution in [1.82, 2.24) is 14.4 Å². The van der Waals surface area contributed by atoms with Crippen molar-refractivity contribution in [1.29, 1.82) is 0 Å². The van der Waals surface area contributed by atoms with Gasteiger partial charge in [-0.15, -0.1) is 0 Å². The molecule has 1 amide bonds. The predicted octanol–water partition coefficient (Wildman–Crippen LogP) is 2.65. The van der Waals surface area contributed by atoms with Gasteiger partial charge in [0, 0.05) is 29.2 Å². The number of amidine groups is 1. The summed E-state index contributed by atoms with van der Waals surface area (Å²) in [7, 11) is 1.64. The fourth-order valence-corrected chi connectivity index (χ4v) is 3.40. The fourth-order valence-electron chi connectivity index (χ4n) is 3.40. The van der Waals surface area contributed by atoms with E-state index in [9.17, 15) is 4.79 Å². The van der Waals surface area contributed by atoms with Gasteiger partial charge in [-0.05, 0) is 55.0 Å². The van der Waals surface area contributed by atoms with E-state index in [1.54, 1.807) is 13.3 Å². The van der Waals surface area contributed by atoms with Crippen molar-refractivity contribution >= 4 is 28.9 Å². The normalized spacial score (nSPS) is 11.5. The summed E-state index contributed by atoms with van der Waals surface area (Å²) < 4.78 is 7.22. The number of methoxy groups -OCH3 is 1. The highest BCUT2D eigenvalue weighted by Crippen LogP contribution is 2.27. The van der Waals surface area contributed by atoms with Gasteiger partial charge in [-0.1, -0.05) is 0 Å². The molecule has 2 heterocycles. The lowest BCUT2D eigenvalue weighted by molar-refractivity contribution is -0.116. The molecule has 0 atom stereocenters. The monoisotopic (exact) mass is 429 g/mol. The predicted molar refractivity (Wildman–Crippen MR) is 124 cm³/mol. The summed E-state index contributed by atoms with van der Waals surface area (Å²) in [6, 6.07) is 13.4. The number of anilines is 2. The Labute approximate surface area is 184 Å². The fraction of sp³-hybridized carbons (Fsp3) is 0.130.